The van der Waals surface area contributed by atoms with Crippen LogP contribution in [-0.4, -0.2) is 39.1 Å². The van der Waals surface area contributed by atoms with Crippen LogP contribution in [0.1, 0.15) is 58.2 Å². The fourth-order valence-electron chi connectivity index (χ4n) is 4.19. The van der Waals surface area contributed by atoms with Crippen LogP contribution in [-0.2, 0) is 0 Å². The van der Waals surface area contributed by atoms with E-state index in [9.17, 15) is 9.59 Å². The topological polar surface area (TPSA) is 67.2 Å². The highest BCUT2D eigenvalue weighted by Crippen LogP contribution is 2.24. The fourth-order valence-corrected chi connectivity index (χ4v) is 4.38. The van der Waals surface area contributed by atoms with E-state index >= 15 is 0 Å². The Bertz CT molecular complexity index is 1170. The summed E-state index contributed by atoms with van der Waals surface area (Å²) in [6, 6.07) is 13.0. The van der Waals surface area contributed by atoms with Gasteiger partial charge in [-0.1, -0.05) is 17.7 Å². The van der Waals surface area contributed by atoms with Gasteiger partial charge < -0.3 is 10.2 Å². The largest absolute Gasteiger partial charge is 0.336 e. The number of likely N-dealkylation sites (tertiary alicyclic amines) is 1. The average Bonchev–Trinajstić information content (AvgIpc) is 3.16. The van der Waals surface area contributed by atoms with Crippen LogP contribution in [0.15, 0.2) is 48.7 Å². The first-order chi connectivity index (χ1) is 15.3. The summed E-state index contributed by atoms with van der Waals surface area (Å²) in [7, 11) is 0. The highest BCUT2D eigenvalue weighted by atomic mass is 35.5. The summed E-state index contributed by atoms with van der Waals surface area (Å²) in [4.78, 5) is 27.8. The van der Waals surface area contributed by atoms with Gasteiger partial charge in [0.05, 0.1) is 23.1 Å². The smallest absolute Gasteiger partial charge is 0.259 e. The summed E-state index contributed by atoms with van der Waals surface area (Å²) in [6.45, 7) is 6.64. The molecule has 1 aromatic heterocycles. The van der Waals surface area contributed by atoms with Crippen LogP contribution >= 0.6 is 11.6 Å². The van der Waals surface area contributed by atoms with Gasteiger partial charge in [0.25, 0.3) is 11.8 Å². The Balaban J connectivity index is 1.51. The van der Waals surface area contributed by atoms with Gasteiger partial charge >= 0.3 is 0 Å². The second kappa shape index (κ2) is 9.17. The van der Waals surface area contributed by atoms with E-state index in [1.165, 1.54) is 6.42 Å². The maximum atomic E-state index is 12.9. The summed E-state index contributed by atoms with van der Waals surface area (Å²) in [5, 5.41) is 7.91. The van der Waals surface area contributed by atoms with Crippen molar-refractivity contribution >= 4 is 29.1 Å². The van der Waals surface area contributed by atoms with E-state index in [0.29, 0.717) is 27.5 Å². The molecule has 2 aromatic carbocycles. The molecule has 7 heteroatoms. The molecule has 6 nitrogen and oxygen atoms in total. The number of anilines is 1. The average molecular weight is 451 g/mol. The molecule has 1 N–H and O–H groups in total. The molecule has 1 saturated heterocycles. The van der Waals surface area contributed by atoms with Crippen molar-refractivity contribution in [1.29, 1.82) is 0 Å². The van der Waals surface area contributed by atoms with Crippen molar-refractivity contribution in [2.24, 2.45) is 0 Å². The van der Waals surface area contributed by atoms with Crippen LogP contribution in [0.3, 0.4) is 0 Å². The van der Waals surface area contributed by atoms with Crippen molar-refractivity contribution in [3.63, 3.8) is 0 Å². The predicted molar refractivity (Wildman–Crippen MR) is 127 cm³/mol. The Kier molecular flexibility index (Phi) is 6.33. The lowest BCUT2D eigenvalue weighted by Gasteiger charge is -2.33. The molecule has 3 aromatic rings. The quantitative estimate of drug-likeness (QED) is 0.577. The second-order valence-corrected chi connectivity index (χ2v) is 8.80. The number of aryl methyl sites for hydroxylation is 1. The molecule has 0 radical (unpaired) electrons. The van der Waals surface area contributed by atoms with Crippen molar-refractivity contribution < 1.29 is 9.59 Å². The first-order valence-electron chi connectivity index (χ1n) is 10.9. The summed E-state index contributed by atoms with van der Waals surface area (Å²) in [5.41, 5.74) is 4.15. The monoisotopic (exact) mass is 450 g/mol. The number of hydrogen-bond donors (Lipinski definition) is 1. The second-order valence-electron chi connectivity index (χ2n) is 8.36. The van der Waals surface area contributed by atoms with Crippen LogP contribution in [0.4, 0.5) is 5.69 Å². The van der Waals surface area contributed by atoms with Crippen LogP contribution in [0.2, 0.25) is 5.02 Å². The molecule has 1 fully saturated rings. The number of nitrogens with one attached hydrogen (secondary N) is 1. The summed E-state index contributed by atoms with van der Waals surface area (Å²) >= 11 is 6.09. The minimum atomic E-state index is -0.248. The normalized spacial score (nSPS) is 16.1. The number of piperidine rings is 1. The Morgan fingerprint density at radius 2 is 1.94 bits per heavy atom. The first-order valence-corrected chi connectivity index (χ1v) is 11.3. The van der Waals surface area contributed by atoms with E-state index in [1.54, 1.807) is 35.1 Å². The number of rotatable bonds is 4. The lowest BCUT2D eigenvalue weighted by Crippen LogP contribution is -2.42. The van der Waals surface area contributed by atoms with Crippen LogP contribution in [0.25, 0.3) is 5.69 Å². The molecule has 166 valence electrons. The van der Waals surface area contributed by atoms with Crippen molar-refractivity contribution in [3.05, 3.63) is 76.1 Å². The molecule has 0 saturated carbocycles. The molecule has 4 rings (SSSR count). The number of aromatic nitrogens is 2. The van der Waals surface area contributed by atoms with Crippen molar-refractivity contribution in [3.8, 4) is 5.69 Å². The minimum absolute atomic E-state index is 0.0526. The van der Waals surface area contributed by atoms with Gasteiger partial charge in [0.1, 0.15) is 0 Å². The summed E-state index contributed by atoms with van der Waals surface area (Å²) in [5.74, 6) is -0.195. The first kappa shape index (κ1) is 22.1. The fraction of sp³-hybridized carbons (Fsp3) is 0.320. The van der Waals surface area contributed by atoms with E-state index in [2.05, 4.69) is 17.3 Å². The highest BCUT2D eigenvalue weighted by Gasteiger charge is 2.24. The number of halogens is 1. The van der Waals surface area contributed by atoms with Crippen molar-refractivity contribution in [1.82, 2.24) is 14.7 Å². The number of carbonyl (C=O) groups is 2. The molecular weight excluding hydrogens is 424 g/mol. The number of amides is 2. The number of nitrogens with zero attached hydrogens (tertiary/aromatic N) is 3. The minimum Gasteiger partial charge on any atom is -0.336 e. The molecule has 2 heterocycles. The highest BCUT2D eigenvalue weighted by molar-refractivity contribution is 6.30. The predicted octanol–water partition coefficient (Wildman–Crippen LogP) is 5.41. The third-order valence-corrected chi connectivity index (χ3v) is 6.33. The number of carbonyl (C=O) groups excluding carboxylic acids is 2. The van der Waals surface area contributed by atoms with E-state index in [1.807, 2.05) is 36.9 Å². The maximum Gasteiger partial charge on any atom is 0.259 e. The van der Waals surface area contributed by atoms with Gasteiger partial charge in [-0.15, -0.1) is 0 Å². The molecule has 0 bridgehead atoms. The Hall–Kier alpha value is -3.12. The van der Waals surface area contributed by atoms with Crippen molar-refractivity contribution in [2.45, 2.75) is 46.1 Å². The van der Waals surface area contributed by atoms with Gasteiger partial charge in [-0.25, -0.2) is 4.68 Å². The molecule has 1 atom stereocenters. The molecular formula is C25H27ClN4O2. The van der Waals surface area contributed by atoms with E-state index in [0.717, 1.165) is 30.6 Å². The third kappa shape index (κ3) is 4.41. The van der Waals surface area contributed by atoms with Gasteiger partial charge in [0, 0.05) is 28.9 Å². The van der Waals surface area contributed by atoms with Gasteiger partial charge in [-0.05, 0) is 82.0 Å². The zero-order valence-corrected chi connectivity index (χ0v) is 19.3. The van der Waals surface area contributed by atoms with Crippen LogP contribution in [0, 0.1) is 13.8 Å². The lowest BCUT2D eigenvalue weighted by atomic mass is 10.0. The van der Waals surface area contributed by atoms with Crippen LogP contribution in [0.5, 0.6) is 0 Å². The van der Waals surface area contributed by atoms with Gasteiger partial charge in [0.2, 0.25) is 0 Å². The van der Waals surface area contributed by atoms with E-state index in [-0.39, 0.29) is 17.9 Å². The van der Waals surface area contributed by atoms with Gasteiger partial charge in [-0.3, -0.25) is 9.59 Å². The van der Waals surface area contributed by atoms with Gasteiger partial charge in [0.15, 0.2) is 0 Å². The lowest BCUT2D eigenvalue weighted by molar-refractivity contribution is 0.0635. The van der Waals surface area contributed by atoms with Crippen LogP contribution < -0.4 is 5.32 Å². The Morgan fingerprint density at radius 3 is 2.66 bits per heavy atom. The Morgan fingerprint density at radius 1 is 1.12 bits per heavy atom. The molecule has 1 unspecified atom stereocenters. The van der Waals surface area contributed by atoms with Crippen molar-refractivity contribution in [2.75, 3.05) is 11.9 Å². The van der Waals surface area contributed by atoms with E-state index in [4.69, 9.17) is 11.6 Å². The van der Waals surface area contributed by atoms with E-state index < -0.39 is 0 Å². The zero-order chi connectivity index (χ0) is 22.8. The number of benzene rings is 2. The molecule has 1 aliphatic heterocycles. The summed E-state index contributed by atoms with van der Waals surface area (Å²) < 4.78 is 1.69. The number of hydrogen-bond acceptors (Lipinski definition) is 3. The molecule has 1 aliphatic rings. The van der Waals surface area contributed by atoms with Gasteiger partial charge in [-0.2, -0.15) is 5.10 Å². The molecule has 0 aliphatic carbocycles. The zero-order valence-electron chi connectivity index (χ0n) is 18.6. The summed E-state index contributed by atoms with van der Waals surface area (Å²) in [6.07, 6.45) is 4.81. The third-order valence-electron chi connectivity index (χ3n) is 6.09. The molecule has 2 amide bonds. The standard InChI is InChI=1S/C25H27ClN4O2/c1-16-13-19(25(32)29-12-5-4-7-17(29)2)10-11-23(16)28-24(31)22-15-27-30(18(22)3)21-9-6-8-20(26)14-21/h6,8-11,13-15,17H,4-5,7,12H2,1-3H3,(H,28,31). The maximum absolute atomic E-state index is 12.9. The molecule has 32 heavy (non-hydrogen) atoms. The SMILES string of the molecule is Cc1cc(C(=O)N2CCCCC2C)ccc1NC(=O)c1cnn(-c2cccc(Cl)c2)c1C. The molecule has 0 spiro atoms. The Labute approximate surface area is 193 Å².